The van der Waals surface area contributed by atoms with Crippen LogP contribution in [0.1, 0.15) is 41.0 Å². The molecule has 0 bridgehead atoms. The normalized spacial score (nSPS) is 30.1. The summed E-state index contributed by atoms with van der Waals surface area (Å²) in [7, 11) is 3.01. The predicted octanol–water partition coefficient (Wildman–Crippen LogP) is 3.91. The summed E-state index contributed by atoms with van der Waals surface area (Å²) >= 11 is 0. The van der Waals surface area contributed by atoms with Crippen molar-refractivity contribution in [2.45, 2.75) is 50.2 Å². The van der Waals surface area contributed by atoms with Crippen molar-refractivity contribution in [1.29, 1.82) is 0 Å². The zero-order valence-corrected chi connectivity index (χ0v) is 20.3. The van der Waals surface area contributed by atoms with Crippen LogP contribution in [0.25, 0.3) is 0 Å². The molecular formula is C27H30O8. The number of hydrogen-bond donors (Lipinski definition) is 0. The number of esters is 2. The Labute approximate surface area is 204 Å². The van der Waals surface area contributed by atoms with E-state index in [1.165, 1.54) is 14.2 Å². The Hall–Kier alpha value is -3.04. The molecule has 0 amide bonds. The van der Waals surface area contributed by atoms with E-state index in [2.05, 4.69) is 0 Å². The van der Waals surface area contributed by atoms with Crippen LogP contribution in [0, 0.1) is 0 Å². The molecule has 1 aliphatic carbocycles. The number of fused-ring (bicyclic) bond motifs is 1. The van der Waals surface area contributed by atoms with Crippen LogP contribution >= 0.6 is 0 Å². The number of hydrogen-bond acceptors (Lipinski definition) is 8. The molecule has 1 fully saturated rings. The van der Waals surface area contributed by atoms with Crippen LogP contribution in [0.5, 0.6) is 0 Å². The van der Waals surface area contributed by atoms with Crippen LogP contribution in [-0.2, 0) is 28.4 Å². The fraction of sp³-hybridized carbons (Fsp3) is 0.407. The van der Waals surface area contributed by atoms with E-state index in [1.807, 2.05) is 12.1 Å². The minimum absolute atomic E-state index is 0.0188. The first-order chi connectivity index (χ1) is 16.8. The van der Waals surface area contributed by atoms with Gasteiger partial charge in [-0.2, -0.15) is 0 Å². The molecule has 0 unspecified atom stereocenters. The Bertz CT molecular complexity index is 1070. The highest BCUT2D eigenvalue weighted by Gasteiger charge is 2.59. The van der Waals surface area contributed by atoms with Gasteiger partial charge in [-0.15, -0.1) is 0 Å². The summed E-state index contributed by atoms with van der Waals surface area (Å²) in [5, 5.41) is 0. The SMILES string of the molecule is CO[C@@]1(C)O[C@@H]2[C@@H](OC(=O)c3ccccc3)C=C(COC(=O)c3ccccc3)C[C@H]2O[C@]1(C)OC. The molecule has 0 N–H and O–H groups in total. The highest BCUT2D eigenvalue weighted by Crippen LogP contribution is 2.43. The number of methoxy groups -OCH3 is 2. The predicted molar refractivity (Wildman–Crippen MR) is 126 cm³/mol. The van der Waals surface area contributed by atoms with E-state index in [0.29, 0.717) is 17.5 Å². The maximum absolute atomic E-state index is 12.9. The first-order valence-electron chi connectivity index (χ1n) is 11.4. The highest BCUT2D eigenvalue weighted by atomic mass is 16.8. The van der Waals surface area contributed by atoms with E-state index in [1.54, 1.807) is 68.5 Å². The lowest BCUT2D eigenvalue weighted by atomic mass is 9.89. The van der Waals surface area contributed by atoms with Gasteiger partial charge in [-0.3, -0.25) is 0 Å². The molecule has 8 nitrogen and oxygen atoms in total. The Morgan fingerprint density at radius 3 is 1.97 bits per heavy atom. The first-order valence-corrected chi connectivity index (χ1v) is 11.4. The monoisotopic (exact) mass is 482 g/mol. The minimum atomic E-state index is -1.26. The molecule has 1 saturated heterocycles. The summed E-state index contributed by atoms with van der Waals surface area (Å²) in [4.78, 5) is 25.3. The molecule has 0 spiro atoms. The van der Waals surface area contributed by atoms with Crippen molar-refractivity contribution >= 4 is 11.9 Å². The minimum Gasteiger partial charge on any atom is -0.458 e. The topological polar surface area (TPSA) is 89.5 Å². The second-order valence-corrected chi connectivity index (χ2v) is 8.75. The van der Waals surface area contributed by atoms with Crippen molar-refractivity contribution in [2.24, 2.45) is 0 Å². The molecule has 35 heavy (non-hydrogen) atoms. The molecule has 4 rings (SSSR count). The Morgan fingerprint density at radius 1 is 0.857 bits per heavy atom. The molecule has 5 atom stereocenters. The van der Waals surface area contributed by atoms with Crippen LogP contribution < -0.4 is 0 Å². The van der Waals surface area contributed by atoms with Gasteiger partial charge in [0.05, 0.1) is 17.2 Å². The molecule has 0 saturated carbocycles. The summed E-state index contributed by atoms with van der Waals surface area (Å²) in [6, 6.07) is 17.4. The molecular weight excluding hydrogens is 452 g/mol. The van der Waals surface area contributed by atoms with Gasteiger partial charge in [-0.25, -0.2) is 9.59 Å². The number of carbonyl (C=O) groups excluding carboxylic acids is 2. The van der Waals surface area contributed by atoms with Crippen molar-refractivity contribution in [1.82, 2.24) is 0 Å². The lowest BCUT2D eigenvalue weighted by Crippen LogP contribution is -2.67. The molecule has 1 heterocycles. The average molecular weight is 483 g/mol. The summed E-state index contributed by atoms with van der Waals surface area (Å²) in [6.45, 7) is 3.46. The van der Waals surface area contributed by atoms with Gasteiger partial charge in [0.1, 0.15) is 18.8 Å². The van der Waals surface area contributed by atoms with E-state index in [4.69, 9.17) is 28.4 Å². The lowest BCUT2D eigenvalue weighted by molar-refractivity contribution is -0.452. The van der Waals surface area contributed by atoms with E-state index >= 15 is 0 Å². The van der Waals surface area contributed by atoms with Crippen LogP contribution in [0.2, 0.25) is 0 Å². The molecule has 0 aromatic heterocycles. The fourth-order valence-corrected chi connectivity index (χ4v) is 4.25. The Morgan fingerprint density at radius 2 is 1.40 bits per heavy atom. The van der Waals surface area contributed by atoms with E-state index in [9.17, 15) is 9.59 Å². The first kappa shape index (κ1) is 25.1. The smallest absolute Gasteiger partial charge is 0.338 e. The number of ether oxygens (including phenoxy) is 6. The molecule has 1 aliphatic heterocycles. The van der Waals surface area contributed by atoms with Gasteiger partial charge >= 0.3 is 11.9 Å². The highest BCUT2D eigenvalue weighted by molar-refractivity contribution is 5.90. The van der Waals surface area contributed by atoms with Gasteiger partial charge < -0.3 is 28.4 Å². The van der Waals surface area contributed by atoms with Gasteiger partial charge in [-0.05, 0) is 49.8 Å². The van der Waals surface area contributed by atoms with Crippen LogP contribution in [0.3, 0.4) is 0 Å². The molecule has 8 heteroatoms. The molecule has 2 aromatic rings. The lowest BCUT2D eigenvalue weighted by Gasteiger charge is -2.54. The second kappa shape index (κ2) is 10.3. The van der Waals surface area contributed by atoms with Gasteiger partial charge in [-0.1, -0.05) is 36.4 Å². The largest absolute Gasteiger partial charge is 0.458 e. The van der Waals surface area contributed by atoms with E-state index in [0.717, 1.165) is 5.57 Å². The third kappa shape index (κ3) is 5.16. The van der Waals surface area contributed by atoms with Crippen molar-refractivity contribution in [3.05, 3.63) is 83.4 Å². The van der Waals surface area contributed by atoms with Gasteiger partial charge in [0, 0.05) is 20.6 Å². The van der Waals surface area contributed by atoms with Crippen LogP contribution in [-0.4, -0.2) is 62.7 Å². The quantitative estimate of drug-likeness (QED) is 0.434. The summed E-state index contributed by atoms with van der Waals surface area (Å²) in [6.07, 6.45) is 0.152. The van der Waals surface area contributed by atoms with Gasteiger partial charge in [0.15, 0.2) is 0 Å². The second-order valence-electron chi connectivity index (χ2n) is 8.75. The zero-order chi connectivity index (χ0) is 25.1. The maximum atomic E-state index is 12.9. The molecule has 0 radical (unpaired) electrons. The van der Waals surface area contributed by atoms with Gasteiger partial charge in [0.25, 0.3) is 0 Å². The van der Waals surface area contributed by atoms with Crippen molar-refractivity contribution in [3.8, 4) is 0 Å². The maximum Gasteiger partial charge on any atom is 0.338 e. The summed E-state index contributed by atoms with van der Waals surface area (Å²) in [5.41, 5.74) is 1.60. The van der Waals surface area contributed by atoms with E-state index < -0.39 is 41.8 Å². The van der Waals surface area contributed by atoms with Crippen molar-refractivity contribution in [3.63, 3.8) is 0 Å². The third-order valence-corrected chi connectivity index (χ3v) is 6.55. The zero-order valence-electron chi connectivity index (χ0n) is 20.3. The van der Waals surface area contributed by atoms with Crippen LogP contribution in [0.4, 0.5) is 0 Å². The number of carbonyl (C=O) groups is 2. The Kier molecular flexibility index (Phi) is 7.37. The third-order valence-electron chi connectivity index (χ3n) is 6.55. The van der Waals surface area contributed by atoms with Crippen LogP contribution in [0.15, 0.2) is 72.3 Å². The van der Waals surface area contributed by atoms with Gasteiger partial charge in [0.2, 0.25) is 11.6 Å². The van der Waals surface area contributed by atoms with Crippen molar-refractivity contribution in [2.75, 3.05) is 20.8 Å². The van der Waals surface area contributed by atoms with E-state index in [-0.39, 0.29) is 6.61 Å². The Balaban J connectivity index is 1.58. The number of rotatable bonds is 7. The van der Waals surface area contributed by atoms with Crippen molar-refractivity contribution < 1.29 is 38.0 Å². The summed E-state index contributed by atoms with van der Waals surface area (Å²) in [5.74, 6) is -3.43. The average Bonchev–Trinajstić information content (AvgIpc) is 2.89. The molecule has 2 aromatic carbocycles. The fourth-order valence-electron chi connectivity index (χ4n) is 4.25. The number of benzene rings is 2. The standard InChI is InChI=1S/C27H30O8/c1-26(30-3)27(2,31-4)35-23-21(33-25(29)20-13-9-6-10-14-20)15-18(16-22(23)34-26)17-32-24(28)19-11-7-5-8-12-19/h5-15,21-23H,16-17H2,1-4H3/t21-,22+,23+,26-,27-/m0/s1. The summed E-state index contributed by atoms with van der Waals surface area (Å²) < 4.78 is 35.3. The molecule has 186 valence electrons. The molecule has 2 aliphatic rings.